The Morgan fingerprint density at radius 2 is 1.45 bits per heavy atom. The first-order chi connectivity index (χ1) is 10.5. The molecule has 0 aliphatic heterocycles. The van der Waals surface area contributed by atoms with Crippen molar-refractivity contribution in [3.05, 3.63) is 29.8 Å². The van der Waals surface area contributed by atoms with Crippen molar-refractivity contribution in [2.45, 2.75) is 45.4 Å². The van der Waals surface area contributed by atoms with Gasteiger partial charge in [0.2, 0.25) is 11.8 Å². The fraction of sp³-hybridized carbons (Fsp3) is 0.438. The normalized spacial score (nSPS) is 10.1. The summed E-state index contributed by atoms with van der Waals surface area (Å²) in [6.07, 6.45) is 3.86. The monoisotopic (exact) mass is 306 g/mol. The third kappa shape index (κ3) is 6.99. The number of anilines is 1. The first-order valence-electron chi connectivity index (χ1n) is 7.36. The minimum Gasteiger partial charge on any atom is -0.326 e. The first kappa shape index (κ1) is 17.8. The van der Waals surface area contributed by atoms with Crippen LogP contribution in [0.5, 0.6) is 0 Å². The first-order valence-corrected chi connectivity index (χ1v) is 7.36. The van der Waals surface area contributed by atoms with Crippen LogP contribution in [0, 0.1) is 0 Å². The van der Waals surface area contributed by atoms with Gasteiger partial charge in [-0.1, -0.05) is 12.8 Å². The van der Waals surface area contributed by atoms with Gasteiger partial charge in [0.25, 0.3) is 0 Å². The van der Waals surface area contributed by atoms with Crippen molar-refractivity contribution >= 4 is 23.3 Å². The molecule has 3 N–H and O–H groups in total. The van der Waals surface area contributed by atoms with Crippen LogP contribution in [-0.4, -0.2) is 22.8 Å². The number of hydrogen-bond acceptors (Lipinski definition) is 4. The van der Waals surface area contributed by atoms with Crippen molar-refractivity contribution in [2.24, 2.45) is 0 Å². The second-order valence-electron chi connectivity index (χ2n) is 5.13. The summed E-state index contributed by atoms with van der Waals surface area (Å²) in [6.45, 7) is 1.50. The van der Waals surface area contributed by atoms with E-state index in [1.807, 2.05) is 0 Å². The molecule has 0 aliphatic rings. The fourth-order valence-electron chi connectivity index (χ4n) is 1.99. The molecule has 0 saturated heterocycles. The lowest BCUT2D eigenvalue weighted by molar-refractivity contribution is -0.129. The predicted octanol–water partition coefficient (Wildman–Crippen LogP) is 2.67. The molecule has 1 aromatic carbocycles. The molecule has 120 valence electrons. The predicted molar refractivity (Wildman–Crippen MR) is 82.7 cm³/mol. The van der Waals surface area contributed by atoms with Crippen LogP contribution in [0.4, 0.5) is 5.69 Å². The third-order valence-corrected chi connectivity index (χ3v) is 3.26. The molecule has 0 aromatic heterocycles. The van der Waals surface area contributed by atoms with E-state index in [1.54, 1.807) is 29.7 Å². The van der Waals surface area contributed by atoms with Crippen LogP contribution in [0.2, 0.25) is 0 Å². The molecular weight excluding hydrogens is 284 g/mol. The van der Waals surface area contributed by atoms with Gasteiger partial charge < -0.3 is 5.32 Å². The van der Waals surface area contributed by atoms with E-state index < -0.39 is 0 Å². The summed E-state index contributed by atoms with van der Waals surface area (Å²) >= 11 is 0. The number of hydrogen-bond donors (Lipinski definition) is 3. The van der Waals surface area contributed by atoms with E-state index in [2.05, 4.69) is 5.32 Å². The Morgan fingerprint density at radius 1 is 0.909 bits per heavy atom. The topological polar surface area (TPSA) is 95.5 Å². The maximum absolute atomic E-state index is 11.7. The maximum Gasteiger partial charge on any atom is 0.243 e. The van der Waals surface area contributed by atoms with Gasteiger partial charge in [-0.15, -0.1) is 0 Å². The van der Waals surface area contributed by atoms with Gasteiger partial charge in [0.05, 0.1) is 0 Å². The van der Waals surface area contributed by atoms with Crippen molar-refractivity contribution in [2.75, 3.05) is 5.32 Å². The zero-order chi connectivity index (χ0) is 16.4. The smallest absolute Gasteiger partial charge is 0.243 e. The molecule has 0 heterocycles. The average molecular weight is 306 g/mol. The number of carbonyl (C=O) groups excluding carboxylic acids is 3. The molecule has 0 aliphatic carbocycles. The summed E-state index contributed by atoms with van der Waals surface area (Å²) < 4.78 is 0. The summed E-state index contributed by atoms with van der Waals surface area (Å²) in [5, 5.41) is 11.1. The molecule has 2 amide bonds. The quantitative estimate of drug-likeness (QED) is 0.283. The van der Waals surface area contributed by atoms with Gasteiger partial charge in [0, 0.05) is 24.1 Å². The average Bonchev–Trinajstić information content (AvgIpc) is 2.50. The van der Waals surface area contributed by atoms with Crippen molar-refractivity contribution in [3.63, 3.8) is 0 Å². The Balaban J connectivity index is 2.18. The van der Waals surface area contributed by atoms with Gasteiger partial charge in [-0.3, -0.25) is 19.6 Å². The summed E-state index contributed by atoms with van der Waals surface area (Å²) in [5.41, 5.74) is 2.88. The highest BCUT2D eigenvalue weighted by Gasteiger charge is 2.04. The Labute approximate surface area is 129 Å². The number of rotatable bonds is 9. The zero-order valence-corrected chi connectivity index (χ0v) is 12.7. The highest BCUT2D eigenvalue weighted by molar-refractivity contribution is 5.95. The number of carbonyl (C=O) groups is 3. The molecule has 22 heavy (non-hydrogen) atoms. The Hall–Kier alpha value is -2.21. The molecule has 0 atom stereocenters. The van der Waals surface area contributed by atoms with Crippen molar-refractivity contribution in [1.29, 1.82) is 0 Å². The lowest BCUT2D eigenvalue weighted by atomic mass is 10.1. The molecule has 0 saturated carbocycles. The summed E-state index contributed by atoms with van der Waals surface area (Å²) in [4.78, 5) is 33.7. The molecular formula is C16H22N2O4. The Kier molecular flexibility index (Phi) is 7.85. The van der Waals surface area contributed by atoms with Crippen LogP contribution in [0.1, 0.15) is 55.8 Å². The third-order valence-electron chi connectivity index (χ3n) is 3.26. The van der Waals surface area contributed by atoms with E-state index >= 15 is 0 Å². The minimum atomic E-state index is -0.383. The molecule has 0 radical (unpaired) electrons. The molecule has 0 spiro atoms. The van der Waals surface area contributed by atoms with Gasteiger partial charge in [-0.2, -0.15) is 0 Å². The highest BCUT2D eigenvalue weighted by Crippen LogP contribution is 2.12. The SMILES string of the molecule is CC(=O)c1ccc(NC(=O)CCCCCCC(=O)NO)cc1. The zero-order valence-electron chi connectivity index (χ0n) is 12.7. The Morgan fingerprint density at radius 3 is 1.95 bits per heavy atom. The molecule has 1 rings (SSSR count). The summed E-state index contributed by atoms with van der Waals surface area (Å²) in [7, 11) is 0. The summed E-state index contributed by atoms with van der Waals surface area (Å²) in [5.74, 6) is -0.455. The van der Waals surface area contributed by atoms with E-state index in [0.717, 1.165) is 19.3 Å². The Bertz CT molecular complexity index is 511. The number of amides is 2. The van der Waals surface area contributed by atoms with Gasteiger partial charge in [-0.25, -0.2) is 5.48 Å². The van der Waals surface area contributed by atoms with Crippen LogP contribution in [0.25, 0.3) is 0 Å². The molecule has 0 bridgehead atoms. The van der Waals surface area contributed by atoms with Crippen molar-refractivity contribution in [3.8, 4) is 0 Å². The standard InChI is InChI=1S/C16H22N2O4/c1-12(19)13-8-10-14(11-9-13)17-15(20)6-4-2-3-5-7-16(21)18-22/h8-11,22H,2-7H2,1H3,(H,17,20)(H,18,21). The van der Waals surface area contributed by atoms with Crippen LogP contribution < -0.4 is 10.8 Å². The number of unbranched alkanes of at least 4 members (excludes halogenated alkanes) is 3. The number of Topliss-reactive ketones (excluding diaryl/α,β-unsaturated/α-hetero) is 1. The van der Waals surface area contributed by atoms with Crippen molar-refractivity contribution < 1.29 is 19.6 Å². The molecule has 6 heteroatoms. The second kappa shape index (κ2) is 9.68. The second-order valence-corrected chi connectivity index (χ2v) is 5.13. The van der Waals surface area contributed by atoms with E-state index in [1.165, 1.54) is 6.92 Å². The number of nitrogens with one attached hydrogen (secondary N) is 2. The van der Waals surface area contributed by atoms with Gasteiger partial charge in [-0.05, 0) is 44.0 Å². The van der Waals surface area contributed by atoms with Gasteiger partial charge in [0.1, 0.15) is 0 Å². The van der Waals surface area contributed by atoms with Crippen LogP contribution >= 0.6 is 0 Å². The maximum atomic E-state index is 11.7. The largest absolute Gasteiger partial charge is 0.326 e. The van der Waals surface area contributed by atoms with Crippen molar-refractivity contribution in [1.82, 2.24) is 5.48 Å². The lowest BCUT2D eigenvalue weighted by Crippen LogP contribution is -2.17. The summed E-state index contributed by atoms with van der Waals surface area (Å²) in [6, 6.07) is 6.79. The molecule has 6 nitrogen and oxygen atoms in total. The van der Waals surface area contributed by atoms with Crippen LogP contribution in [0.3, 0.4) is 0 Å². The van der Waals surface area contributed by atoms with E-state index in [0.29, 0.717) is 30.5 Å². The minimum absolute atomic E-state index is 0.00671. The fourth-order valence-corrected chi connectivity index (χ4v) is 1.99. The van der Waals surface area contributed by atoms with Crippen LogP contribution in [-0.2, 0) is 9.59 Å². The van der Waals surface area contributed by atoms with E-state index in [-0.39, 0.29) is 17.6 Å². The lowest BCUT2D eigenvalue weighted by Gasteiger charge is -2.06. The van der Waals surface area contributed by atoms with Gasteiger partial charge in [0.15, 0.2) is 5.78 Å². The van der Waals surface area contributed by atoms with Gasteiger partial charge >= 0.3 is 0 Å². The molecule has 0 fully saturated rings. The number of ketones is 1. The number of hydroxylamine groups is 1. The highest BCUT2D eigenvalue weighted by atomic mass is 16.5. The van der Waals surface area contributed by atoms with E-state index in [9.17, 15) is 14.4 Å². The van der Waals surface area contributed by atoms with E-state index in [4.69, 9.17) is 5.21 Å². The molecule has 1 aromatic rings. The number of benzene rings is 1. The molecule has 0 unspecified atom stereocenters. The van der Waals surface area contributed by atoms with Crippen LogP contribution in [0.15, 0.2) is 24.3 Å².